The Bertz CT molecular complexity index is 529. The van der Waals surface area contributed by atoms with Crippen LogP contribution >= 0.6 is 15.9 Å². The van der Waals surface area contributed by atoms with Gasteiger partial charge >= 0.3 is 0 Å². The summed E-state index contributed by atoms with van der Waals surface area (Å²) >= 11 is 3.49. The SMILES string of the molecule is CCC[C@@H]1[C@@H](Br)CON1S(=O)(=O)c1ccc(C)cc1. The number of halogens is 1. The van der Waals surface area contributed by atoms with Gasteiger partial charge in [-0.3, -0.25) is 4.84 Å². The molecule has 1 heterocycles. The first kappa shape index (κ1) is 15.0. The van der Waals surface area contributed by atoms with Crippen LogP contribution in [-0.2, 0) is 14.9 Å². The summed E-state index contributed by atoms with van der Waals surface area (Å²) in [6.45, 7) is 4.35. The van der Waals surface area contributed by atoms with Gasteiger partial charge in [0.25, 0.3) is 10.0 Å². The Morgan fingerprint density at radius 1 is 1.37 bits per heavy atom. The van der Waals surface area contributed by atoms with Crippen LogP contribution in [0, 0.1) is 6.92 Å². The number of benzene rings is 1. The van der Waals surface area contributed by atoms with E-state index in [1.807, 2.05) is 13.8 Å². The highest BCUT2D eigenvalue weighted by atomic mass is 79.9. The largest absolute Gasteiger partial charge is 0.282 e. The fourth-order valence-electron chi connectivity index (χ4n) is 2.13. The monoisotopic (exact) mass is 347 g/mol. The molecule has 1 aromatic carbocycles. The van der Waals surface area contributed by atoms with E-state index < -0.39 is 10.0 Å². The lowest BCUT2D eigenvalue weighted by molar-refractivity contribution is -0.0505. The molecule has 2 atom stereocenters. The van der Waals surface area contributed by atoms with Crippen molar-refractivity contribution in [3.05, 3.63) is 29.8 Å². The second-order valence-corrected chi connectivity index (χ2v) is 7.70. The average Bonchev–Trinajstić information content (AvgIpc) is 2.73. The van der Waals surface area contributed by atoms with Crippen LogP contribution in [-0.4, -0.2) is 30.4 Å². The van der Waals surface area contributed by atoms with E-state index in [-0.39, 0.29) is 15.8 Å². The molecule has 0 aromatic heterocycles. The zero-order valence-electron chi connectivity index (χ0n) is 11.0. The highest BCUT2D eigenvalue weighted by Gasteiger charge is 2.41. The van der Waals surface area contributed by atoms with Gasteiger partial charge in [-0.2, -0.15) is 0 Å². The third-order valence-electron chi connectivity index (χ3n) is 3.19. The Morgan fingerprint density at radius 2 is 2.00 bits per heavy atom. The van der Waals surface area contributed by atoms with Crippen molar-refractivity contribution in [2.45, 2.75) is 42.5 Å². The van der Waals surface area contributed by atoms with Crippen molar-refractivity contribution in [1.82, 2.24) is 4.47 Å². The van der Waals surface area contributed by atoms with E-state index in [0.29, 0.717) is 6.61 Å². The van der Waals surface area contributed by atoms with Crippen molar-refractivity contribution in [2.24, 2.45) is 0 Å². The van der Waals surface area contributed by atoms with E-state index in [0.717, 1.165) is 18.4 Å². The number of nitrogens with zero attached hydrogens (tertiary/aromatic N) is 1. The number of hydroxylamine groups is 1. The maximum Gasteiger partial charge on any atom is 0.265 e. The zero-order chi connectivity index (χ0) is 14.0. The van der Waals surface area contributed by atoms with Gasteiger partial charge in [0, 0.05) is 0 Å². The molecule has 6 heteroatoms. The van der Waals surface area contributed by atoms with Crippen molar-refractivity contribution >= 4 is 26.0 Å². The Morgan fingerprint density at radius 3 is 2.58 bits per heavy atom. The summed E-state index contributed by atoms with van der Waals surface area (Å²) in [5.74, 6) is 0. The number of aryl methyl sites for hydroxylation is 1. The lowest BCUT2D eigenvalue weighted by atomic mass is 10.1. The molecule has 19 heavy (non-hydrogen) atoms. The van der Waals surface area contributed by atoms with Crippen LogP contribution in [0.3, 0.4) is 0 Å². The third kappa shape index (κ3) is 3.02. The predicted molar refractivity (Wildman–Crippen MR) is 77.6 cm³/mol. The smallest absolute Gasteiger partial charge is 0.265 e. The van der Waals surface area contributed by atoms with E-state index in [1.165, 1.54) is 4.47 Å². The van der Waals surface area contributed by atoms with Gasteiger partial charge in [0.05, 0.1) is 22.4 Å². The minimum absolute atomic E-state index is 0.0488. The third-order valence-corrected chi connectivity index (χ3v) is 5.78. The lowest BCUT2D eigenvalue weighted by Gasteiger charge is -2.22. The molecule has 1 aromatic rings. The van der Waals surface area contributed by atoms with Gasteiger partial charge in [-0.1, -0.05) is 51.4 Å². The molecule has 106 valence electrons. The van der Waals surface area contributed by atoms with Crippen LogP contribution in [0.25, 0.3) is 0 Å². The fraction of sp³-hybridized carbons (Fsp3) is 0.538. The lowest BCUT2D eigenvalue weighted by Crippen LogP contribution is -2.37. The van der Waals surface area contributed by atoms with Crippen molar-refractivity contribution in [1.29, 1.82) is 0 Å². The number of alkyl halides is 1. The zero-order valence-corrected chi connectivity index (χ0v) is 13.4. The topological polar surface area (TPSA) is 46.6 Å². The maximum absolute atomic E-state index is 12.6. The molecule has 0 N–H and O–H groups in total. The van der Waals surface area contributed by atoms with Crippen LogP contribution in [0.2, 0.25) is 0 Å². The van der Waals surface area contributed by atoms with Gasteiger partial charge in [0.2, 0.25) is 0 Å². The molecule has 1 aliphatic heterocycles. The van der Waals surface area contributed by atoms with Crippen LogP contribution in [0.4, 0.5) is 0 Å². The van der Waals surface area contributed by atoms with Gasteiger partial charge in [-0.05, 0) is 25.5 Å². The highest BCUT2D eigenvalue weighted by molar-refractivity contribution is 9.09. The molecule has 0 bridgehead atoms. The van der Waals surface area contributed by atoms with Gasteiger partial charge in [-0.15, -0.1) is 0 Å². The van der Waals surface area contributed by atoms with Crippen LogP contribution < -0.4 is 0 Å². The molecular weight excluding hydrogens is 330 g/mol. The van der Waals surface area contributed by atoms with Gasteiger partial charge < -0.3 is 0 Å². The van der Waals surface area contributed by atoms with E-state index in [2.05, 4.69) is 15.9 Å². The normalized spacial score (nSPS) is 24.8. The fourth-order valence-corrected chi connectivity index (χ4v) is 4.38. The molecule has 1 aliphatic rings. The minimum Gasteiger partial charge on any atom is -0.282 e. The first-order chi connectivity index (χ1) is 8.96. The summed E-state index contributed by atoms with van der Waals surface area (Å²) in [6.07, 6.45) is 1.69. The summed E-state index contributed by atoms with van der Waals surface area (Å²) in [6, 6.07) is 6.69. The molecule has 0 unspecified atom stereocenters. The van der Waals surface area contributed by atoms with E-state index >= 15 is 0 Å². The average molecular weight is 348 g/mol. The molecule has 2 rings (SSSR count). The standard InChI is InChI=1S/C13H18BrNO3S/c1-3-4-13-12(14)9-18-15(13)19(16,17)11-7-5-10(2)6-8-11/h5-8,12-13H,3-4,9H2,1-2H3/t12-,13+/m0/s1. The number of sulfonamides is 1. The summed E-state index contributed by atoms with van der Waals surface area (Å²) in [5.41, 5.74) is 1.03. The molecule has 0 amide bonds. The highest BCUT2D eigenvalue weighted by Crippen LogP contribution is 2.31. The molecule has 0 saturated carbocycles. The van der Waals surface area contributed by atoms with Gasteiger partial charge in [-0.25, -0.2) is 8.42 Å². The van der Waals surface area contributed by atoms with E-state index in [1.54, 1.807) is 24.3 Å². The molecule has 4 nitrogen and oxygen atoms in total. The first-order valence-corrected chi connectivity index (χ1v) is 8.70. The molecular formula is C13H18BrNO3S. The summed E-state index contributed by atoms with van der Waals surface area (Å²) < 4.78 is 26.3. The summed E-state index contributed by atoms with van der Waals surface area (Å²) in [5, 5.41) is 0. The van der Waals surface area contributed by atoms with E-state index in [9.17, 15) is 8.42 Å². The molecule has 1 saturated heterocycles. The Kier molecular flexibility index (Phi) is 4.66. The first-order valence-electron chi connectivity index (χ1n) is 6.35. The number of rotatable bonds is 4. The number of hydrogen-bond acceptors (Lipinski definition) is 3. The Hall–Kier alpha value is -0.430. The van der Waals surface area contributed by atoms with Crippen LogP contribution in [0.1, 0.15) is 25.3 Å². The molecule has 0 radical (unpaired) electrons. The predicted octanol–water partition coefficient (Wildman–Crippen LogP) is 2.86. The summed E-state index contributed by atoms with van der Waals surface area (Å²) in [4.78, 5) is 5.71. The van der Waals surface area contributed by atoms with Crippen LogP contribution in [0.15, 0.2) is 29.2 Å². The van der Waals surface area contributed by atoms with Crippen molar-refractivity contribution < 1.29 is 13.3 Å². The Labute approximate surface area is 122 Å². The van der Waals surface area contributed by atoms with Crippen molar-refractivity contribution in [3.63, 3.8) is 0 Å². The van der Waals surface area contributed by atoms with Crippen LogP contribution in [0.5, 0.6) is 0 Å². The van der Waals surface area contributed by atoms with E-state index in [4.69, 9.17) is 4.84 Å². The molecule has 0 aliphatic carbocycles. The second kappa shape index (κ2) is 5.91. The quantitative estimate of drug-likeness (QED) is 0.786. The minimum atomic E-state index is -3.58. The maximum atomic E-state index is 12.6. The van der Waals surface area contributed by atoms with Crippen molar-refractivity contribution in [2.75, 3.05) is 6.61 Å². The molecule has 0 spiro atoms. The Balaban J connectivity index is 2.31. The van der Waals surface area contributed by atoms with Crippen molar-refractivity contribution in [3.8, 4) is 0 Å². The molecule has 1 fully saturated rings. The number of hydrogen-bond donors (Lipinski definition) is 0. The van der Waals surface area contributed by atoms with Gasteiger partial charge in [0.15, 0.2) is 0 Å². The summed E-state index contributed by atoms with van der Waals surface area (Å²) in [7, 11) is -3.58. The second-order valence-electron chi connectivity index (χ2n) is 4.74. The van der Waals surface area contributed by atoms with Gasteiger partial charge in [0.1, 0.15) is 0 Å².